The lowest BCUT2D eigenvalue weighted by atomic mass is 9.95. The highest BCUT2D eigenvalue weighted by Gasteiger charge is 2.28. The average molecular weight is 609 g/mol. The molecule has 38 heavy (non-hydrogen) atoms. The summed E-state index contributed by atoms with van der Waals surface area (Å²) in [5.41, 5.74) is 1.38. The molecule has 2 aromatic rings. The number of nitrogens with one attached hydrogen (secondary N) is 1. The van der Waals surface area contributed by atoms with Crippen LogP contribution in [0.25, 0.3) is 0 Å². The summed E-state index contributed by atoms with van der Waals surface area (Å²) >= 11 is 3.48. The number of ether oxygens (including phenoxy) is 1. The van der Waals surface area contributed by atoms with Crippen LogP contribution in [-0.4, -0.2) is 57.1 Å². The van der Waals surface area contributed by atoms with Crippen molar-refractivity contribution >= 4 is 43.5 Å². The van der Waals surface area contributed by atoms with E-state index in [9.17, 15) is 18.0 Å². The third-order valence-corrected chi connectivity index (χ3v) is 8.54. The second kappa shape index (κ2) is 14.0. The van der Waals surface area contributed by atoms with Gasteiger partial charge in [-0.05, 0) is 56.0 Å². The van der Waals surface area contributed by atoms with Gasteiger partial charge in [0.05, 0.1) is 19.1 Å². The minimum Gasteiger partial charge on any atom is -0.497 e. The SMILES string of the molecule is COc1cccc(N(CCCC(=O)N(Cc2cccc(Br)c2)[C@H](C)C(=O)NC2CCCCC2)S(C)(=O)=O)c1. The van der Waals surface area contributed by atoms with Crippen molar-refractivity contribution < 1.29 is 22.7 Å². The van der Waals surface area contributed by atoms with Gasteiger partial charge in [-0.1, -0.05) is 53.4 Å². The number of anilines is 1. The second-order valence-electron chi connectivity index (χ2n) is 9.81. The fraction of sp³-hybridized carbons (Fsp3) is 0.500. The summed E-state index contributed by atoms with van der Waals surface area (Å²) in [6.45, 7) is 2.17. The highest BCUT2D eigenvalue weighted by atomic mass is 79.9. The van der Waals surface area contributed by atoms with Gasteiger partial charge in [-0.15, -0.1) is 0 Å². The van der Waals surface area contributed by atoms with Crippen molar-refractivity contribution in [2.24, 2.45) is 0 Å². The van der Waals surface area contributed by atoms with Crippen molar-refractivity contribution in [1.29, 1.82) is 0 Å². The van der Waals surface area contributed by atoms with Crippen LogP contribution >= 0.6 is 15.9 Å². The Kier molecular flexibility index (Phi) is 11.0. The number of hydrogen-bond acceptors (Lipinski definition) is 5. The summed E-state index contributed by atoms with van der Waals surface area (Å²) in [4.78, 5) is 28.2. The normalized spacial score (nSPS) is 14.9. The maximum absolute atomic E-state index is 13.5. The quantitative estimate of drug-likeness (QED) is 0.371. The standard InChI is InChI=1S/C28H38BrN3O5S/c1-21(28(34)30-24-12-5-4-6-13-24)31(20-22-10-7-11-23(29)18-22)27(33)16-9-17-32(38(3,35)36)25-14-8-15-26(19-25)37-2/h7-8,10-11,14-15,18-19,21,24H,4-6,9,12-13,16-17,20H2,1-3H3,(H,30,34)/t21-/m1/s1. The van der Waals surface area contributed by atoms with Crippen LogP contribution in [-0.2, 0) is 26.2 Å². The molecule has 1 N–H and O–H groups in total. The number of carbonyl (C=O) groups is 2. The van der Waals surface area contributed by atoms with Crippen LogP contribution in [0.2, 0.25) is 0 Å². The van der Waals surface area contributed by atoms with Gasteiger partial charge in [-0.2, -0.15) is 0 Å². The summed E-state index contributed by atoms with van der Waals surface area (Å²) < 4.78 is 32.5. The number of nitrogens with zero attached hydrogens (tertiary/aromatic N) is 2. The lowest BCUT2D eigenvalue weighted by Gasteiger charge is -2.31. The fourth-order valence-corrected chi connectivity index (χ4v) is 6.16. The van der Waals surface area contributed by atoms with E-state index in [1.165, 1.54) is 17.8 Å². The third-order valence-electron chi connectivity index (χ3n) is 6.85. The van der Waals surface area contributed by atoms with Gasteiger partial charge in [0.15, 0.2) is 0 Å². The summed E-state index contributed by atoms with van der Waals surface area (Å²) in [5, 5.41) is 3.14. The molecule has 0 aliphatic heterocycles. The summed E-state index contributed by atoms with van der Waals surface area (Å²) in [6, 6.07) is 14.0. The van der Waals surface area contributed by atoms with Crippen molar-refractivity contribution in [2.75, 3.05) is 24.2 Å². The highest BCUT2D eigenvalue weighted by Crippen LogP contribution is 2.24. The molecular formula is C28H38BrN3O5S. The topological polar surface area (TPSA) is 96.0 Å². The third kappa shape index (κ3) is 8.73. The molecule has 3 rings (SSSR count). The van der Waals surface area contributed by atoms with Crippen LogP contribution in [0.5, 0.6) is 5.75 Å². The zero-order valence-electron chi connectivity index (χ0n) is 22.4. The number of rotatable bonds is 12. The van der Waals surface area contributed by atoms with Crippen LogP contribution < -0.4 is 14.4 Å². The van der Waals surface area contributed by atoms with Crippen molar-refractivity contribution in [3.8, 4) is 5.75 Å². The van der Waals surface area contributed by atoms with Crippen LogP contribution in [0.1, 0.15) is 57.4 Å². The average Bonchev–Trinajstić information content (AvgIpc) is 2.89. The van der Waals surface area contributed by atoms with Gasteiger partial charge in [0.2, 0.25) is 21.8 Å². The van der Waals surface area contributed by atoms with Crippen LogP contribution in [0.4, 0.5) is 5.69 Å². The zero-order chi connectivity index (χ0) is 27.7. The first-order valence-corrected chi connectivity index (χ1v) is 15.7. The molecule has 1 atom stereocenters. The highest BCUT2D eigenvalue weighted by molar-refractivity contribution is 9.10. The smallest absolute Gasteiger partial charge is 0.242 e. The number of hydrogen-bond donors (Lipinski definition) is 1. The first kappa shape index (κ1) is 30.0. The predicted molar refractivity (Wildman–Crippen MR) is 154 cm³/mol. The van der Waals surface area contributed by atoms with Crippen LogP contribution in [0, 0.1) is 0 Å². The Morgan fingerprint density at radius 2 is 1.82 bits per heavy atom. The van der Waals surface area contributed by atoms with E-state index in [4.69, 9.17) is 4.74 Å². The first-order chi connectivity index (χ1) is 18.1. The van der Waals surface area contributed by atoms with Gasteiger partial charge in [0, 0.05) is 36.1 Å². The zero-order valence-corrected chi connectivity index (χ0v) is 24.8. The van der Waals surface area contributed by atoms with Gasteiger partial charge >= 0.3 is 0 Å². The molecular weight excluding hydrogens is 570 g/mol. The molecule has 10 heteroatoms. The Morgan fingerprint density at radius 1 is 1.11 bits per heavy atom. The number of halogens is 1. The Balaban J connectivity index is 1.72. The van der Waals surface area contributed by atoms with Crippen molar-refractivity contribution in [3.63, 3.8) is 0 Å². The van der Waals surface area contributed by atoms with E-state index in [0.29, 0.717) is 17.9 Å². The molecule has 2 amide bonds. The van der Waals surface area contributed by atoms with Gasteiger partial charge in [0.1, 0.15) is 11.8 Å². The van der Waals surface area contributed by atoms with Crippen molar-refractivity contribution in [2.45, 2.75) is 70.5 Å². The van der Waals surface area contributed by atoms with Crippen LogP contribution in [0.3, 0.4) is 0 Å². The number of benzene rings is 2. The molecule has 1 aliphatic rings. The van der Waals surface area contributed by atoms with Crippen molar-refractivity contribution in [3.05, 3.63) is 58.6 Å². The Bertz CT molecular complexity index is 1200. The molecule has 2 aromatic carbocycles. The second-order valence-corrected chi connectivity index (χ2v) is 12.6. The van der Waals surface area contributed by atoms with Crippen LogP contribution in [0.15, 0.2) is 53.0 Å². The molecule has 0 aromatic heterocycles. The minimum absolute atomic E-state index is 0.102. The number of sulfonamides is 1. The van der Waals surface area contributed by atoms with E-state index in [1.54, 1.807) is 36.1 Å². The molecule has 1 saturated carbocycles. The fourth-order valence-electron chi connectivity index (χ4n) is 4.75. The number of amides is 2. The summed E-state index contributed by atoms with van der Waals surface area (Å²) in [5.74, 6) is 0.190. The van der Waals surface area contributed by atoms with E-state index in [1.807, 2.05) is 24.3 Å². The predicted octanol–water partition coefficient (Wildman–Crippen LogP) is 4.87. The Hall–Kier alpha value is -2.59. The number of methoxy groups -OCH3 is 1. The lowest BCUT2D eigenvalue weighted by molar-refractivity contribution is -0.141. The summed E-state index contributed by atoms with van der Waals surface area (Å²) in [7, 11) is -2.06. The van der Waals surface area contributed by atoms with E-state index in [2.05, 4.69) is 21.2 Å². The molecule has 0 radical (unpaired) electrons. The van der Waals surface area contributed by atoms with Gasteiger partial charge in [0.25, 0.3) is 0 Å². The van der Waals surface area contributed by atoms with Gasteiger partial charge in [-0.25, -0.2) is 8.42 Å². The van der Waals surface area contributed by atoms with E-state index in [-0.39, 0.29) is 37.4 Å². The Morgan fingerprint density at radius 3 is 2.47 bits per heavy atom. The number of carbonyl (C=O) groups excluding carboxylic acids is 2. The first-order valence-electron chi connectivity index (χ1n) is 13.0. The molecule has 208 valence electrons. The summed E-state index contributed by atoms with van der Waals surface area (Å²) in [6.07, 6.45) is 6.86. The molecule has 0 bridgehead atoms. The molecule has 1 fully saturated rings. The van der Waals surface area contributed by atoms with E-state index < -0.39 is 16.1 Å². The maximum atomic E-state index is 13.5. The van der Waals surface area contributed by atoms with Gasteiger partial charge < -0.3 is 15.0 Å². The Labute approximate surface area is 234 Å². The maximum Gasteiger partial charge on any atom is 0.242 e. The van der Waals surface area contributed by atoms with E-state index >= 15 is 0 Å². The van der Waals surface area contributed by atoms with E-state index in [0.717, 1.165) is 42.0 Å². The molecule has 1 aliphatic carbocycles. The monoisotopic (exact) mass is 607 g/mol. The molecule has 0 heterocycles. The largest absolute Gasteiger partial charge is 0.497 e. The molecule has 0 saturated heterocycles. The molecule has 0 unspecified atom stereocenters. The molecule has 0 spiro atoms. The molecule has 8 nitrogen and oxygen atoms in total. The van der Waals surface area contributed by atoms with Gasteiger partial charge in [-0.3, -0.25) is 13.9 Å². The lowest BCUT2D eigenvalue weighted by Crippen LogP contribution is -2.50. The van der Waals surface area contributed by atoms with Crippen molar-refractivity contribution in [1.82, 2.24) is 10.2 Å². The minimum atomic E-state index is -3.58.